The van der Waals surface area contributed by atoms with Crippen molar-refractivity contribution in [2.75, 3.05) is 95.9 Å². The molecule has 0 radical (unpaired) electrons. The molecule has 3 heterocycles. The van der Waals surface area contributed by atoms with Crippen molar-refractivity contribution >= 4 is 76.8 Å². The Balaban J connectivity index is 1.30. The number of carboxylic acids is 3. The molecule has 6 amide bonds. The Kier molecular flexibility index (Phi) is 23.6. The predicted octanol–water partition coefficient (Wildman–Crippen LogP) is 0.576. The Morgan fingerprint density at radius 3 is 2.03 bits per heavy atom. The number of urea groups is 1. The Bertz CT molecular complexity index is 2050. The number of esters is 1. The van der Waals surface area contributed by atoms with Gasteiger partial charge in [0.25, 0.3) is 0 Å². The molecule has 0 aliphatic carbocycles. The fraction of sp³-hybridized carbons (Fsp3) is 0.660. The zero-order valence-electron chi connectivity index (χ0n) is 41.1. The first-order chi connectivity index (χ1) is 33.8. The molecule has 0 aromatic heterocycles. The Morgan fingerprint density at radius 1 is 0.817 bits per heavy atom. The number of carboxylic acid groups (broad SMARTS) is 3. The second kappa shape index (κ2) is 29.0. The summed E-state index contributed by atoms with van der Waals surface area (Å²) in [4.78, 5) is 134. The Hall–Kier alpha value is -5.69. The highest BCUT2D eigenvalue weighted by Crippen LogP contribution is 2.23. The number of anilines is 1. The van der Waals surface area contributed by atoms with Gasteiger partial charge in [0.2, 0.25) is 23.6 Å². The van der Waals surface area contributed by atoms with Gasteiger partial charge in [0.1, 0.15) is 6.04 Å². The molecule has 3 aliphatic rings. The van der Waals surface area contributed by atoms with Crippen LogP contribution in [0.25, 0.3) is 0 Å². The summed E-state index contributed by atoms with van der Waals surface area (Å²) in [6.07, 6.45) is 2.61. The van der Waals surface area contributed by atoms with Gasteiger partial charge in [-0.2, -0.15) is 11.8 Å². The van der Waals surface area contributed by atoms with E-state index in [4.69, 9.17) is 4.74 Å². The number of hydrogen-bond acceptors (Lipinski definition) is 16. The third kappa shape index (κ3) is 19.4. The lowest BCUT2D eigenvalue weighted by Crippen LogP contribution is -2.51. The van der Waals surface area contributed by atoms with E-state index in [2.05, 4.69) is 21.3 Å². The first-order valence-corrected chi connectivity index (χ1v) is 25.5. The van der Waals surface area contributed by atoms with Crippen LogP contribution in [0, 0.1) is 17.8 Å². The minimum atomic E-state index is -1.25. The van der Waals surface area contributed by atoms with E-state index >= 15 is 0 Å². The average molecular weight is 1020 g/mol. The monoisotopic (exact) mass is 1020 g/mol. The summed E-state index contributed by atoms with van der Waals surface area (Å²) in [5.74, 6) is -6.66. The van der Waals surface area contributed by atoms with E-state index in [-0.39, 0.29) is 127 Å². The van der Waals surface area contributed by atoms with Crippen molar-refractivity contribution in [3.05, 3.63) is 29.8 Å². The van der Waals surface area contributed by atoms with Crippen LogP contribution in [0.2, 0.25) is 0 Å². The number of nitrogens with zero attached hydrogens (tertiary/aromatic N) is 5. The fourth-order valence-electron chi connectivity index (χ4n) is 8.59. The molecule has 0 saturated carbocycles. The summed E-state index contributed by atoms with van der Waals surface area (Å²) in [6, 6.07) is 3.78. The number of ether oxygens (including phenoxy) is 1. The van der Waals surface area contributed by atoms with E-state index in [1.54, 1.807) is 57.7 Å². The molecule has 3 saturated heterocycles. The van der Waals surface area contributed by atoms with Crippen molar-refractivity contribution in [1.82, 2.24) is 40.4 Å². The van der Waals surface area contributed by atoms with Crippen LogP contribution in [-0.4, -0.2) is 208 Å². The third-order valence-electron chi connectivity index (χ3n) is 13.0. The highest BCUT2D eigenvalue weighted by atomic mass is 32.2. The van der Waals surface area contributed by atoms with E-state index in [0.29, 0.717) is 49.4 Å². The molecule has 71 heavy (non-hydrogen) atoms. The summed E-state index contributed by atoms with van der Waals surface area (Å²) in [6.45, 7) is 6.86. The molecule has 23 nitrogen and oxygen atoms in total. The molecule has 0 bridgehead atoms. The van der Waals surface area contributed by atoms with Crippen molar-refractivity contribution in [2.45, 2.75) is 90.6 Å². The van der Waals surface area contributed by atoms with Crippen LogP contribution < -0.4 is 21.3 Å². The fourth-order valence-corrected chi connectivity index (χ4v) is 9.07. The number of unbranched alkanes of at least 4 members (excludes halogenated alkanes) is 1. The number of fused-ring (bicyclic) bond motifs is 1. The van der Waals surface area contributed by atoms with Gasteiger partial charge in [-0.15, -0.1) is 0 Å². The maximum atomic E-state index is 13.8. The van der Waals surface area contributed by atoms with E-state index in [0.717, 1.165) is 0 Å². The molecule has 3 fully saturated rings. The third-order valence-corrected chi connectivity index (χ3v) is 13.6. The number of carbonyl (C=O) groups is 10. The summed E-state index contributed by atoms with van der Waals surface area (Å²) < 4.78 is 5.56. The van der Waals surface area contributed by atoms with Crippen molar-refractivity contribution in [1.29, 1.82) is 0 Å². The number of hydrogen-bond donors (Lipinski definition) is 7. The highest BCUT2D eigenvalue weighted by Gasteiger charge is 2.37. The minimum Gasteiger partial charge on any atom is -0.480 e. The van der Waals surface area contributed by atoms with Gasteiger partial charge in [0.05, 0.1) is 38.8 Å². The van der Waals surface area contributed by atoms with E-state index in [1.807, 2.05) is 13.2 Å². The lowest BCUT2D eigenvalue weighted by Gasteiger charge is -2.33. The second-order valence-corrected chi connectivity index (χ2v) is 19.4. The van der Waals surface area contributed by atoms with E-state index in [1.165, 1.54) is 16.7 Å². The van der Waals surface area contributed by atoms with Gasteiger partial charge >= 0.3 is 29.9 Å². The number of rotatable bonds is 26. The second-order valence-electron chi connectivity index (χ2n) is 18.4. The Labute approximate surface area is 418 Å². The molecule has 394 valence electrons. The van der Waals surface area contributed by atoms with Gasteiger partial charge in [0.15, 0.2) is 12.0 Å². The molecular formula is C47H71N9O14S. The van der Waals surface area contributed by atoms with Gasteiger partial charge in [-0.3, -0.25) is 62.9 Å². The van der Waals surface area contributed by atoms with Crippen molar-refractivity contribution in [2.24, 2.45) is 17.8 Å². The summed E-state index contributed by atoms with van der Waals surface area (Å²) in [5.41, 5.74) is 1.09. The molecular weight excluding hydrogens is 947 g/mol. The summed E-state index contributed by atoms with van der Waals surface area (Å²) in [5, 5.41) is 39.8. The topological polar surface area (TPSA) is 305 Å². The Morgan fingerprint density at radius 2 is 1.45 bits per heavy atom. The molecule has 4 rings (SSSR count). The molecule has 24 heteroatoms. The van der Waals surface area contributed by atoms with Crippen LogP contribution in [0.3, 0.4) is 0 Å². The first kappa shape index (κ1) is 57.9. The van der Waals surface area contributed by atoms with E-state index in [9.17, 15) is 63.3 Å². The van der Waals surface area contributed by atoms with Crippen LogP contribution in [0.5, 0.6) is 0 Å². The molecule has 6 atom stereocenters. The van der Waals surface area contributed by atoms with Crippen LogP contribution in [-0.2, 0) is 54.4 Å². The van der Waals surface area contributed by atoms with E-state index < -0.39 is 65.8 Å². The average Bonchev–Trinajstić information content (AvgIpc) is 3.79. The number of ketones is 1. The zero-order valence-corrected chi connectivity index (χ0v) is 41.9. The summed E-state index contributed by atoms with van der Waals surface area (Å²) in [7, 11) is 0. The number of carbonyl (C=O) groups excluding carboxylic acids is 7. The summed E-state index contributed by atoms with van der Waals surface area (Å²) >= 11 is 1.47. The quantitative estimate of drug-likeness (QED) is 0.0379. The number of amides is 6. The van der Waals surface area contributed by atoms with Crippen molar-refractivity contribution in [3.8, 4) is 0 Å². The number of imide groups is 1. The maximum Gasteiger partial charge on any atom is 0.326 e. The number of aliphatic carboxylic acids is 3. The number of benzene rings is 1. The molecule has 0 spiro atoms. The molecule has 1 aromatic rings. The molecule has 3 aliphatic heterocycles. The number of likely N-dealkylation sites (tertiary alicyclic amines) is 1. The van der Waals surface area contributed by atoms with Gasteiger partial charge in [-0.25, -0.2) is 9.59 Å². The van der Waals surface area contributed by atoms with Crippen LogP contribution >= 0.6 is 11.8 Å². The first-order valence-electron chi connectivity index (χ1n) is 24.1. The largest absolute Gasteiger partial charge is 0.480 e. The van der Waals surface area contributed by atoms with Crippen molar-refractivity contribution < 1.29 is 68.0 Å². The van der Waals surface area contributed by atoms with Crippen LogP contribution in [0.15, 0.2) is 24.3 Å². The number of nitrogens with one attached hydrogen (secondary N) is 4. The van der Waals surface area contributed by atoms with Crippen LogP contribution in [0.1, 0.15) is 71.3 Å². The molecule has 2 unspecified atom stereocenters. The molecule has 1 aromatic carbocycles. The molecule has 7 N–H and O–H groups in total. The lowest BCUT2D eigenvalue weighted by atomic mass is 9.84. The maximum absolute atomic E-state index is 13.8. The zero-order chi connectivity index (χ0) is 52.2. The lowest BCUT2D eigenvalue weighted by molar-refractivity contribution is -0.143. The van der Waals surface area contributed by atoms with Gasteiger partial charge in [-0.1, -0.05) is 39.3 Å². The number of thioether (sulfide) groups is 1. The predicted molar refractivity (Wildman–Crippen MR) is 260 cm³/mol. The number of Topliss-reactive ketones (excluding diaryl/α,β-unsaturated/α-hetero) is 1. The van der Waals surface area contributed by atoms with Gasteiger partial charge in [-0.05, 0) is 61.3 Å². The minimum absolute atomic E-state index is 0.0110. The standard InChI is InChI=1S/C47H71N9O14S/c1-5-30(2)34(44(65)50-36(46(67)68)8-6-7-14-56-39(59)22-31(3)45(56)66)23-37(57)35(13-21-71-4)51-47(69)49-33-11-9-32(10-12-33)24-48-38(58)25-54-18-17-52(27-41(60)61)15-16-53(28-42(62)63)19-20-55-29-43(64)70-40(55)26-54/h9-12,30-31,34-36,40H,5-8,13-29H2,1-4H3,(H,48,58)(H,50,65)(H,60,61)(H,62,63)(H,67,68)(H2,49,51,69)/t30-,31?,34-,35-,36-,40?/m0/s1. The highest BCUT2D eigenvalue weighted by molar-refractivity contribution is 7.98. The smallest absolute Gasteiger partial charge is 0.326 e. The SMILES string of the molecule is CC[C@H](C)[C@H](CC(=O)[C@H](CCSC)NC(=O)Nc1ccc(CNC(=O)CN2CCN(CC(=O)O)CCN(CC(=O)O)CCN3CC(=O)OC3C2)cc1)C(=O)N[C@@H](CCCCN1C(=O)CC(C)C1=O)C(=O)O. The normalized spacial score (nSPS) is 20.3. The van der Waals surface area contributed by atoms with Crippen LogP contribution in [0.4, 0.5) is 10.5 Å². The van der Waals surface area contributed by atoms with Gasteiger partial charge < -0.3 is 41.3 Å². The van der Waals surface area contributed by atoms with Gasteiger partial charge in [0, 0.05) is 82.7 Å². The van der Waals surface area contributed by atoms with Crippen molar-refractivity contribution in [3.63, 3.8) is 0 Å².